The Morgan fingerprint density at radius 3 is 1.52 bits per heavy atom. The summed E-state index contributed by atoms with van der Waals surface area (Å²) in [4.78, 5) is 0.821. The lowest BCUT2D eigenvalue weighted by Gasteiger charge is -2.28. The Kier molecular flexibility index (Phi) is 3.57. The molecule has 0 bridgehead atoms. The first-order valence-corrected chi connectivity index (χ1v) is 16.2. The molecule has 10 aromatic rings. The first-order valence-electron chi connectivity index (χ1n) is 29.7. The number of hydrogen-bond acceptors (Lipinski definition) is 2. The molecule has 0 N–H and O–H groups in total. The summed E-state index contributed by atoms with van der Waals surface area (Å²) in [6.07, 6.45) is 0. The van der Waals surface area contributed by atoms with Crippen molar-refractivity contribution in [2.24, 2.45) is 0 Å². The normalized spacial score (nSPS) is 18.3. The molecule has 1 heterocycles. The highest BCUT2D eigenvalue weighted by molar-refractivity contribution is 6.22. The van der Waals surface area contributed by atoms with Gasteiger partial charge in [-0.3, -0.25) is 0 Å². The lowest BCUT2D eigenvalue weighted by molar-refractivity contribution is 0.673. The molecule has 0 aliphatic heterocycles. The summed E-state index contributed by atoms with van der Waals surface area (Å²) in [5.41, 5.74) is -7.30. The van der Waals surface area contributed by atoms with Crippen LogP contribution in [-0.4, -0.2) is 0 Å². The quantitative estimate of drug-likeness (QED) is 0.163. The minimum Gasteiger partial charge on any atom is -0.455 e. The highest BCUT2D eigenvalue weighted by Gasteiger charge is 2.23. The van der Waals surface area contributed by atoms with E-state index in [0.717, 1.165) is 4.90 Å². The van der Waals surface area contributed by atoms with E-state index in [4.69, 9.17) is 31.8 Å². The average Bonchev–Trinajstić information content (AvgIpc) is 3.90. The Hall–Kier alpha value is -7.16. The van der Waals surface area contributed by atoms with Gasteiger partial charge in [-0.2, -0.15) is 0 Å². The molecule has 0 aliphatic rings. The Bertz CT molecular complexity index is 4270. The Labute approximate surface area is 352 Å². The number of hydrogen-bond donors (Lipinski definition) is 0. The fraction of sp³-hybridized carbons (Fsp3) is 0. The highest BCUT2D eigenvalue weighted by atomic mass is 16.3. The molecule has 0 saturated carbocycles. The number of benzene rings is 9. The Morgan fingerprint density at radius 1 is 0.407 bits per heavy atom. The van der Waals surface area contributed by atoms with Gasteiger partial charge in [0.15, 0.2) is 0 Å². The van der Waals surface area contributed by atoms with Crippen LogP contribution in [0.1, 0.15) is 37.0 Å². The van der Waals surface area contributed by atoms with Crippen LogP contribution in [0.3, 0.4) is 0 Å². The number of nitrogens with zero attached hydrogens (tertiary/aromatic N) is 1. The van der Waals surface area contributed by atoms with Gasteiger partial charge >= 0.3 is 0 Å². The van der Waals surface area contributed by atoms with Gasteiger partial charge in [-0.25, -0.2) is 0 Å². The van der Waals surface area contributed by atoms with Crippen molar-refractivity contribution in [2.45, 2.75) is 0 Å². The van der Waals surface area contributed by atoms with Crippen molar-refractivity contribution in [1.82, 2.24) is 0 Å². The SMILES string of the molecule is [2H]c1c([2H])c([2H])c(-c2c([2H])c([2H])c(N(c3c([2H])c(-c4c([2H])c([2H])c([2H])c([2H])c4[2H])c([2H])c(-c4c([2H])c([2H])c([2H])c([2H])c4[2H])c3[2H])c3cc4c(oc5cccc(-c6c([2H])c([2H])c([2H])c([2H])c6[2H])c54)c4ccccc34)c([2H])c2[2H])c([2H])c1[2H]. The monoisotopic (exact) mass is 716 g/mol. The molecule has 1 aromatic heterocycles. The van der Waals surface area contributed by atoms with Gasteiger partial charge in [0, 0.05) is 32.9 Å². The minimum atomic E-state index is -1.09. The van der Waals surface area contributed by atoms with Crippen molar-refractivity contribution in [3.05, 3.63) is 212 Å². The van der Waals surface area contributed by atoms with Crippen LogP contribution in [0.4, 0.5) is 17.1 Å². The molecule has 0 unspecified atom stereocenters. The molecule has 0 aliphatic carbocycles. The summed E-state index contributed by atoms with van der Waals surface area (Å²) < 4.78 is 249. The second-order valence-electron chi connectivity index (χ2n) is 11.6. The maximum absolute atomic E-state index is 10.2. The van der Waals surface area contributed by atoms with E-state index in [2.05, 4.69) is 0 Å². The molecule has 0 amide bonds. The lowest BCUT2D eigenvalue weighted by Crippen LogP contribution is -2.11. The molecule has 2 heteroatoms. The van der Waals surface area contributed by atoms with Crippen LogP contribution in [0.25, 0.3) is 77.2 Å². The third kappa shape index (κ3) is 5.62. The van der Waals surface area contributed by atoms with Crippen molar-refractivity contribution in [3.8, 4) is 44.5 Å². The number of furan rings is 1. The van der Waals surface area contributed by atoms with Gasteiger partial charge in [-0.15, -0.1) is 0 Å². The first kappa shape index (κ1) is 14.3. The molecule has 254 valence electrons. The van der Waals surface area contributed by atoms with Crippen molar-refractivity contribution in [2.75, 3.05) is 4.90 Å². The standard InChI is InChI=1S/C52H35NO/c1-5-16-36(17-6-1)39-28-30-43(31-29-39)53(44-33-41(37-18-7-2-8-19-37)32-42(34-44)38-20-9-3-10-21-38)49-35-48-51-45(40-22-11-4-12-23-40)26-15-27-50(51)54-52(48)47-25-14-13-24-46(47)49/h1-35H/i1D,2D,3D,4D,5D,6D,7D,8D,9D,10D,11D,12D,16D,17D,18D,19D,20D,21D,22D,23D,28D,29D,30D,31D,32D,33D,34D. The molecule has 54 heavy (non-hydrogen) atoms. The van der Waals surface area contributed by atoms with Gasteiger partial charge in [0.1, 0.15) is 11.2 Å². The van der Waals surface area contributed by atoms with Crippen LogP contribution in [0.2, 0.25) is 0 Å². The number of anilines is 3. The van der Waals surface area contributed by atoms with Gasteiger partial charge in [0.25, 0.3) is 0 Å². The Balaban J connectivity index is 1.49. The second-order valence-corrected chi connectivity index (χ2v) is 11.6. The molecule has 0 fully saturated rings. The van der Waals surface area contributed by atoms with Crippen LogP contribution in [-0.2, 0) is 0 Å². The first-order chi connectivity index (χ1) is 38.0. The maximum atomic E-state index is 10.2. The second kappa shape index (κ2) is 13.4. The van der Waals surface area contributed by atoms with Crippen LogP contribution >= 0.6 is 0 Å². The van der Waals surface area contributed by atoms with E-state index in [-0.39, 0.29) is 49.5 Å². The zero-order valence-corrected chi connectivity index (χ0v) is 27.5. The molecule has 0 saturated heterocycles. The summed E-state index contributed by atoms with van der Waals surface area (Å²) in [6, 6.07) is -13.1. The number of fused-ring (bicyclic) bond motifs is 5. The average molecular weight is 717 g/mol. The van der Waals surface area contributed by atoms with Gasteiger partial charge in [0.2, 0.25) is 0 Å². The largest absolute Gasteiger partial charge is 0.455 e. The highest BCUT2D eigenvalue weighted by Crippen LogP contribution is 2.47. The van der Waals surface area contributed by atoms with E-state index in [9.17, 15) is 9.60 Å². The molecule has 0 radical (unpaired) electrons. The molecule has 2 nitrogen and oxygen atoms in total. The minimum absolute atomic E-state index is 0.0242. The van der Waals surface area contributed by atoms with E-state index in [1.807, 2.05) is 0 Å². The van der Waals surface area contributed by atoms with Crippen LogP contribution in [0.15, 0.2) is 216 Å². The third-order valence-electron chi connectivity index (χ3n) is 8.54. The Morgan fingerprint density at radius 2 is 0.926 bits per heavy atom. The smallest absolute Gasteiger partial charge is 0.143 e. The van der Waals surface area contributed by atoms with Crippen LogP contribution in [0.5, 0.6) is 0 Å². The summed E-state index contributed by atoms with van der Waals surface area (Å²) >= 11 is 0. The zero-order chi connectivity index (χ0) is 59.3. The topological polar surface area (TPSA) is 16.4 Å². The molecule has 9 aromatic carbocycles. The van der Waals surface area contributed by atoms with Crippen molar-refractivity contribution >= 4 is 49.8 Å². The fourth-order valence-corrected chi connectivity index (χ4v) is 6.24. The summed E-state index contributed by atoms with van der Waals surface area (Å²) in [6.45, 7) is 0. The van der Waals surface area contributed by atoms with E-state index in [0.29, 0.717) is 0 Å². The molecule has 0 spiro atoms. The molecular weight excluding hydrogens is 655 g/mol. The maximum Gasteiger partial charge on any atom is 0.143 e. The van der Waals surface area contributed by atoms with Crippen molar-refractivity contribution in [3.63, 3.8) is 0 Å². The third-order valence-corrected chi connectivity index (χ3v) is 8.54. The molecule has 10 rings (SSSR count). The molecular formula is C52H35NO. The summed E-state index contributed by atoms with van der Waals surface area (Å²) in [7, 11) is 0. The van der Waals surface area contributed by atoms with E-state index >= 15 is 0 Å². The summed E-state index contributed by atoms with van der Waals surface area (Å²) in [5.74, 6) is 0. The van der Waals surface area contributed by atoms with E-state index in [1.165, 1.54) is 42.5 Å². The molecule has 0 atom stereocenters. The van der Waals surface area contributed by atoms with E-state index in [1.54, 1.807) is 6.07 Å². The predicted octanol–water partition coefficient (Wildman–Crippen LogP) is 14.9. The van der Waals surface area contributed by atoms with Gasteiger partial charge < -0.3 is 9.32 Å². The summed E-state index contributed by atoms with van der Waals surface area (Å²) in [5, 5.41) is 0.343. The van der Waals surface area contributed by atoms with Crippen LogP contribution in [0, 0.1) is 0 Å². The van der Waals surface area contributed by atoms with Gasteiger partial charge in [-0.05, 0) is 86.9 Å². The predicted molar refractivity (Wildman–Crippen MR) is 228 cm³/mol. The van der Waals surface area contributed by atoms with Gasteiger partial charge in [-0.1, -0.05) is 169 Å². The van der Waals surface area contributed by atoms with Crippen LogP contribution < -0.4 is 4.90 Å². The lowest BCUT2D eigenvalue weighted by atomic mass is 9.95. The zero-order valence-electron chi connectivity index (χ0n) is 54.5. The van der Waals surface area contributed by atoms with Gasteiger partial charge in [0.05, 0.1) is 42.7 Å². The number of rotatable bonds is 7. The van der Waals surface area contributed by atoms with Crippen molar-refractivity contribution < 1.29 is 41.4 Å². The van der Waals surface area contributed by atoms with Crippen molar-refractivity contribution in [1.29, 1.82) is 0 Å². The van der Waals surface area contributed by atoms with E-state index < -0.39 is 208 Å². The fourth-order valence-electron chi connectivity index (χ4n) is 6.24.